The van der Waals surface area contributed by atoms with E-state index in [0.717, 1.165) is 43.7 Å². The van der Waals surface area contributed by atoms with Crippen molar-refractivity contribution in [1.29, 1.82) is 0 Å². The number of nitrogens with one attached hydrogen (secondary N) is 2. The molecule has 178 valence electrons. The Morgan fingerprint density at radius 1 is 1.29 bits per heavy atom. The van der Waals surface area contributed by atoms with Crippen LogP contribution in [0, 0.1) is 5.82 Å². The summed E-state index contributed by atoms with van der Waals surface area (Å²) in [6.45, 7) is 2.24. The lowest BCUT2D eigenvalue weighted by molar-refractivity contribution is 0.0903. The Morgan fingerprint density at radius 3 is 2.91 bits per heavy atom. The van der Waals surface area contributed by atoms with Gasteiger partial charge in [0.25, 0.3) is 0 Å². The van der Waals surface area contributed by atoms with Crippen LogP contribution in [0.4, 0.5) is 15.1 Å². The van der Waals surface area contributed by atoms with Gasteiger partial charge in [-0.05, 0) is 42.5 Å². The monoisotopic (exact) mass is 487 g/mol. The Morgan fingerprint density at radius 2 is 2.15 bits per heavy atom. The van der Waals surface area contributed by atoms with E-state index in [0.29, 0.717) is 31.0 Å². The molecule has 0 aliphatic carbocycles. The van der Waals surface area contributed by atoms with E-state index in [-0.39, 0.29) is 23.0 Å². The minimum atomic E-state index is -0.834. The first-order valence-corrected chi connectivity index (χ1v) is 11.4. The third-order valence-electron chi connectivity index (χ3n) is 5.96. The van der Waals surface area contributed by atoms with Crippen LogP contribution < -0.4 is 10.6 Å². The zero-order chi connectivity index (χ0) is 23.5. The first-order chi connectivity index (χ1) is 16.6. The highest BCUT2D eigenvalue weighted by atomic mass is 35.5. The van der Waals surface area contributed by atoms with E-state index in [9.17, 15) is 9.18 Å². The molecule has 2 aliphatic heterocycles. The summed E-state index contributed by atoms with van der Waals surface area (Å²) in [7, 11) is 0. The molecule has 3 aromatic rings. The molecule has 4 heterocycles. The molecule has 2 aromatic heterocycles. The third kappa shape index (κ3) is 4.95. The Hall–Kier alpha value is -3.31. The van der Waals surface area contributed by atoms with Crippen LogP contribution in [0.1, 0.15) is 41.6 Å². The molecule has 1 saturated heterocycles. The summed E-state index contributed by atoms with van der Waals surface area (Å²) in [5, 5.41) is 13.8. The van der Waals surface area contributed by atoms with Crippen molar-refractivity contribution in [3.63, 3.8) is 0 Å². The number of hydrogen-bond acceptors (Lipinski definition) is 8. The molecule has 1 unspecified atom stereocenters. The van der Waals surface area contributed by atoms with Gasteiger partial charge in [0.15, 0.2) is 0 Å². The number of rotatable bonds is 5. The lowest BCUT2D eigenvalue weighted by Crippen LogP contribution is -2.44. The molecule has 5 rings (SSSR count). The molecule has 34 heavy (non-hydrogen) atoms. The minimum absolute atomic E-state index is 0.0168. The average molecular weight is 488 g/mol. The van der Waals surface area contributed by atoms with Crippen molar-refractivity contribution in [3.05, 3.63) is 64.3 Å². The van der Waals surface area contributed by atoms with Crippen molar-refractivity contribution in [1.82, 2.24) is 30.4 Å². The number of hydrogen-bond donors (Lipinski definition) is 2. The highest BCUT2D eigenvalue weighted by molar-refractivity contribution is 6.30. The standard InChI is InChI=1S/C22H23ClFN7O3/c23-16-2-1-13(9-17(16)24)19(20-30-26-12-34-20)29-22(32)31-6-3-14-10-25-21(28-18(14)11-31)27-15-4-7-33-8-5-15/h1-2,9-10,12,15,19H,3-8,11H2,(H,29,32)(H,25,27,28). The fourth-order valence-corrected chi connectivity index (χ4v) is 4.19. The SMILES string of the molecule is O=C(NC(c1ccc(Cl)c(F)c1)c1nnco1)N1CCc2cnc(NC3CCOCC3)nc2C1. The zero-order valence-electron chi connectivity index (χ0n) is 18.2. The summed E-state index contributed by atoms with van der Waals surface area (Å²) in [5.74, 6) is 0.0807. The fraction of sp³-hybridized carbons (Fsp3) is 0.409. The van der Waals surface area contributed by atoms with E-state index in [4.69, 9.17) is 20.8 Å². The molecular formula is C22H23ClFN7O3. The highest BCUT2D eigenvalue weighted by Crippen LogP contribution is 2.26. The second-order valence-corrected chi connectivity index (χ2v) is 8.61. The normalized spacial score (nSPS) is 17.2. The van der Waals surface area contributed by atoms with Crippen LogP contribution in [0.25, 0.3) is 0 Å². The van der Waals surface area contributed by atoms with Crippen molar-refractivity contribution in [2.24, 2.45) is 0 Å². The maximum absolute atomic E-state index is 14.1. The molecule has 0 bridgehead atoms. The molecule has 2 N–H and O–H groups in total. The lowest BCUT2D eigenvalue weighted by atomic mass is 10.1. The van der Waals surface area contributed by atoms with Crippen LogP contribution >= 0.6 is 11.6 Å². The van der Waals surface area contributed by atoms with E-state index < -0.39 is 11.9 Å². The van der Waals surface area contributed by atoms with E-state index in [1.807, 2.05) is 6.20 Å². The number of anilines is 1. The zero-order valence-corrected chi connectivity index (χ0v) is 19.0. The van der Waals surface area contributed by atoms with Gasteiger partial charge in [-0.2, -0.15) is 0 Å². The van der Waals surface area contributed by atoms with E-state index >= 15 is 0 Å². The smallest absolute Gasteiger partial charge is 0.318 e. The van der Waals surface area contributed by atoms with Crippen LogP contribution in [-0.2, 0) is 17.7 Å². The van der Waals surface area contributed by atoms with Gasteiger partial charge >= 0.3 is 6.03 Å². The number of carbonyl (C=O) groups is 1. The summed E-state index contributed by atoms with van der Waals surface area (Å²) in [6.07, 6.45) is 5.40. The Kier molecular flexibility index (Phi) is 6.54. The molecule has 12 heteroatoms. The van der Waals surface area contributed by atoms with Crippen molar-refractivity contribution >= 4 is 23.6 Å². The molecule has 0 saturated carbocycles. The summed E-state index contributed by atoms with van der Waals surface area (Å²) < 4.78 is 24.8. The van der Waals surface area contributed by atoms with Crippen molar-refractivity contribution in [3.8, 4) is 0 Å². The molecule has 1 aromatic carbocycles. The maximum Gasteiger partial charge on any atom is 0.318 e. The predicted molar refractivity (Wildman–Crippen MR) is 120 cm³/mol. The average Bonchev–Trinajstić information content (AvgIpc) is 3.39. The molecule has 1 atom stereocenters. The van der Waals surface area contributed by atoms with Gasteiger partial charge in [0.2, 0.25) is 18.2 Å². The van der Waals surface area contributed by atoms with Crippen molar-refractivity contribution < 1.29 is 18.3 Å². The van der Waals surface area contributed by atoms with Crippen LogP contribution in [0.2, 0.25) is 5.02 Å². The second-order valence-electron chi connectivity index (χ2n) is 8.20. The predicted octanol–water partition coefficient (Wildman–Crippen LogP) is 3.10. The first-order valence-electron chi connectivity index (χ1n) is 11.0. The Bertz CT molecular complexity index is 1160. The number of halogens is 2. The number of nitrogens with zero attached hydrogens (tertiary/aromatic N) is 5. The van der Waals surface area contributed by atoms with E-state index in [1.165, 1.54) is 12.1 Å². The van der Waals surface area contributed by atoms with Crippen molar-refractivity contribution in [2.45, 2.75) is 37.9 Å². The Balaban J connectivity index is 1.30. The van der Waals surface area contributed by atoms with Crippen LogP contribution in [-0.4, -0.2) is 56.9 Å². The number of fused-ring (bicyclic) bond motifs is 1. The molecule has 0 spiro atoms. The van der Waals surface area contributed by atoms with Gasteiger partial charge in [-0.1, -0.05) is 17.7 Å². The fourth-order valence-electron chi connectivity index (χ4n) is 4.07. The van der Waals surface area contributed by atoms with Crippen LogP contribution in [0.5, 0.6) is 0 Å². The Labute approximate surface area is 199 Å². The molecule has 1 fully saturated rings. The summed E-state index contributed by atoms with van der Waals surface area (Å²) >= 11 is 5.81. The van der Waals surface area contributed by atoms with Gasteiger partial charge in [0.05, 0.1) is 17.3 Å². The summed E-state index contributed by atoms with van der Waals surface area (Å²) in [5.41, 5.74) is 2.23. The van der Waals surface area contributed by atoms with Gasteiger partial charge in [-0.15, -0.1) is 10.2 Å². The van der Waals surface area contributed by atoms with Crippen LogP contribution in [0.15, 0.2) is 35.2 Å². The molecule has 0 radical (unpaired) electrons. The second kappa shape index (κ2) is 9.90. The number of benzene rings is 1. The minimum Gasteiger partial charge on any atom is -0.425 e. The quantitative estimate of drug-likeness (QED) is 0.563. The van der Waals surface area contributed by atoms with Gasteiger partial charge in [0, 0.05) is 32.0 Å². The number of urea groups is 1. The van der Waals surface area contributed by atoms with Gasteiger partial charge in [0.1, 0.15) is 11.9 Å². The maximum atomic E-state index is 14.1. The molecule has 2 amide bonds. The summed E-state index contributed by atoms with van der Waals surface area (Å²) in [4.78, 5) is 23.9. The lowest BCUT2D eigenvalue weighted by Gasteiger charge is -2.30. The van der Waals surface area contributed by atoms with E-state index in [2.05, 4.69) is 30.8 Å². The van der Waals surface area contributed by atoms with Gasteiger partial charge in [-0.3, -0.25) is 0 Å². The number of carbonyl (C=O) groups excluding carboxylic acids is 1. The molecular weight excluding hydrogens is 465 g/mol. The van der Waals surface area contributed by atoms with E-state index in [1.54, 1.807) is 11.0 Å². The first kappa shape index (κ1) is 22.5. The van der Waals surface area contributed by atoms with Gasteiger partial charge in [-0.25, -0.2) is 19.2 Å². The molecule has 2 aliphatic rings. The van der Waals surface area contributed by atoms with Crippen molar-refractivity contribution in [2.75, 3.05) is 25.1 Å². The number of ether oxygens (including phenoxy) is 1. The highest BCUT2D eigenvalue weighted by Gasteiger charge is 2.28. The largest absolute Gasteiger partial charge is 0.425 e. The molecule has 10 nitrogen and oxygen atoms in total. The number of aromatic nitrogens is 4. The van der Waals surface area contributed by atoms with Gasteiger partial charge < -0.3 is 24.7 Å². The third-order valence-corrected chi connectivity index (χ3v) is 6.26. The topological polar surface area (TPSA) is 118 Å². The summed E-state index contributed by atoms with van der Waals surface area (Å²) in [6, 6.07) is 3.34. The van der Waals surface area contributed by atoms with Crippen LogP contribution in [0.3, 0.4) is 0 Å². The number of amides is 2.